The van der Waals surface area contributed by atoms with Crippen molar-refractivity contribution in [3.8, 4) is 11.3 Å². The standard InChI is InChI=1S/C26H30N8/c1-18(27-12-19-6-3-2-4-7-19)20-10-11-26-29-21(15-33(26)14-20)16-34-17-25(31-32-34)22-8-5-9-24-23(22)13-28-30-24/h5,8-11,13-15,17-19,27H,2-4,6-7,12,16H2,1H3,(H,28,30). The molecule has 1 unspecified atom stereocenters. The van der Waals surface area contributed by atoms with Gasteiger partial charge in [-0.25, -0.2) is 9.67 Å². The highest BCUT2D eigenvalue weighted by atomic mass is 15.4. The van der Waals surface area contributed by atoms with E-state index in [-0.39, 0.29) is 0 Å². The lowest BCUT2D eigenvalue weighted by Crippen LogP contribution is -2.27. The van der Waals surface area contributed by atoms with Crippen LogP contribution in [-0.4, -0.2) is 41.1 Å². The molecular formula is C26H30N8. The summed E-state index contributed by atoms with van der Waals surface area (Å²) in [7, 11) is 0. The van der Waals surface area contributed by atoms with Gasteiger partial charge < -0.3 is 9.72 Å². The van der Waals surface area contributed by atoms with E-state index in [9.17, 15) is 0 Å². The van der Waals surface area contributed by atoms with Crippen molar-refractivity contribution >= 4 is 16.6 Å². The molecular weight excluding hydrogens is 424 g/mol. The Balaban J connectivity index is 1.16. The molecule has 0 saturated heterocycles. The maximum absolute atomic E-state index is 4.79. The molecule has 2 N–H and O–H groups in total. The zero-order chi connectivity index (χ0) is 22.9. The van der Waals surface area contributed by atoms with Crippen LogP contribution < -0.4 is 5.32 Å². The van der Waals surface area contributed by atoms with E-state index in [0.29, 0.717) is 12.6 Å². The molecule has 1 aliphatic carbocycles. The minimum atomic E-state index is 0.320. The van der Waals surface area contributed by atoms with Crippen LogP contribution in [0, 0.1) is 5.92 Å². The van der Waals surface area contributed by atoms with E-state index in [0.717, 1.165) is 46.0 Å². The Morgan fingerprint density at radius 2 is 2.00 bits per heavy atom. The number of aromatic amines is 1. The van der Waals surface area contributed by atoms with Crippen molar-refractivity contribution < 1.29 is 0 Å². The first-order chi connectivity index (χ1) is 16.7. The lowest BCUT2D eigenvalue weighted by atomic mass is 9.89. The highest BCUT2D eigenvalue weighted by Gasteiger charge is 2.15. The molecule has 0 amide bonds. The number of hydrogen-bond donors (Lipinski definition) is 2. The number of fused-ring (bicyclic) bond motifs is 2. The van der Waals surface area contributed by atoms with Gasteiger partial charge in [-0.15, -0.1) is 5.10 Å². The Morgan fingerprint density at radius 1 is 1.09 bits per heavy atom. The smallest absolute Gasteiger partial charge is 0.137 e. The SMILES string of the molecule is CC(NCC1CCCCC1)c1ccc2nc(Cn3cc(-c4cccc5[nH]ncc45)nn3)cn2c1. The fourth-order valence-corrected chi connectivity index (χ4v) is 5.10. The number of H-pyrrole nitrogens is 1. The Hall–Kier alpha value is -3.52. The average molecular weight is 455 g/mol. The summed E-state index contributed by atoms with van der Waals surface area (Å²) in [6.07, 6.45) is 15.0. The third-order valence-corrected chi connectivity index (χ3v) is 7.08. The summed E-state index contributed by atoms with van der Waals surface area (Å²) in [4.78, 5) is 4.79. The fourth-order valence-electron chi connectivity index (χ4n) is 5.10. The molecule has 1 saturated carbocycles. The first kappa shape index (κ1) is 21.0. The zero-order valence-corrected chi connectivity index (χ0v) is 19.5. The molecule has 174 valence electrons. The van der Waals surface area contributed by atoms with E-state index in [1.54, 1.807) is 0 Å². The molecule has 4 aromatic heterocycles. The summed E-state index contributed by atoms with van der Waals surface area (Å²) in [5.74, 6) is 0.827. The lowest BCUT2D eigenvalue weighted by molar-refractivity contribution is 0.331. The van der Waals surface area contributed by atoms with Gasteiger partial charge in [-0.3, -0.25) is 5.10 Å². The van der Waals surface area contributed by atoms with Crippen LogP contribution in [0.2, 0.25) is 0 Å². The molecule has 1 atom stereocenters. The quantitative estimate of drug-likeness (QED) is 0.371. The highest BCUT2D eigenvalue weighted by Crippen LogP contribution is 2.26. The number of hydrogen-bond acceptors (Lipinski definition) is 5. The molecule has 4 heterocycles. The maximum Gasteiger partial charge on any atom is 0.137 e. The van der Waals surface area contributed by atoms with Crippen LogP contribution in [0.5, 0.6) is 0 Å². The molecule has 1 aliphatic rings. The Morgan fingerprint density at radius 3 is 2.91 bits per heavy atom. The normalized spacial score (nSPS) is 15.9. The van der Waals surface area contributed by atoms with Gasteiger partial charge in [0, 0.05) is 29.4 Å². The predicted octanol–water partition coefficient (Wildman–Crippen LogP) is 4.75. The first-order valence-corrected chi connectivity index (χ1v) is 12.3. The Kier molecular flexibility index (Phi) is 5.58. The average Bonchev–Trinajstić information content (AvgIpc) is 3.62. The van der Waals surface area contributed by atoms with Crippen LogP contribution in [-0.2, 0) is 6.54 Å². The number of nitrogens with zero attached hydrogens (tertiary/aromatic N) is 6. The molecule has 6 rings (SSSR count). The van der Waals surface area contributed by atoms with Crippen LogP contribution in [0.3, 0.4) is 0 Å². The van der Waals surface area contributed by atoms with Crippen molar-refractivity contribution in [1.29, 1.82) is 0 Å². The topological polar surface area (TPSA) is 88.7 Å². The largest absolute Gasteiger partial charge is 0.310 e. The Bertz CT molecular complexity index is 1400. The molecule has 8 nitrogen and oxygen atoms in total. The van der Waals surface area contributed by atoms with Crippen LogP contribution in [0.1, 0.15) is 56.3 Å². The van der Waals surface area contributed by atoms with Crippen LogP contribution in [0.25, 0.3) is 27.8 Å². The zero-order valence-electron chi connectivity index (χ0n) is 19.5. The molecule has 0 spiro atoms. The minimum Gasteiger partial charge on any atom is -0.310 e. The summed E-state index contributed by atoms with van der Waals surface area (Å²) < 4.78 is 3.96. The van der Waals surface area contributed by atoms with Crippen molar-refractivity contribution in [2.45, 2.75) is 51.6 Å². The van der Waals surface area contributed by atoms with Gasteiger partial charge in [0.25, 0.3) is 0 Å². The third kappa shape index (κ3) is 4.21. The summed E-state index contributed by atoms with van der Waals surface area (Å²) in [6, 6.07) is 10.7. The van der Waals surface area contributed by atoms with Crippen molar-refractivity contribution in [2.75, 3.05) is 6.54 Å². The second-order valence-electron chi connectivity index (χ2n) is 9.53. The van der Waals surface area contributed by atoms with E-state index in [1.807, 2.05) is 35.3 Å². The minimum absolute atomic E-state index is 0.320. The monoisotopic (exact) mass is 454 g/mol. The second kappa shape index (κ2) is 9.02. The fraction of sp³-hybridized carbons (Fsp3) is 0.385. The van der Waals surface area contributed by atoms with Gasteiger partial charge in [0.2, 0.25) is 0 Å². The van der Waals surface area contributed by atoms with Gasteiger partial charge >= 0.3 is 0 Å². The molecule has 0 aliphatic heterocycles. The van der Waals surface area contributed by atoms with Crippen LogP contribution in [0.4, 0.5) is 0 Å². The number of nitrogens with one attached hydrogen (secondary N) is 2. The highest BCUT2D eigenvalue weighted by molar-refractivity contribution is 5.92. The van der Waals surface area contributed by atoms with Crippen molar-refractivity contribution in [1.82, 2.24) is 39.9 Å². The van der Waals surface area contributed by atoms with Crippen molar-refractivity contribution in [2.24, 2.45) is 5.92 Å². The van der Waals surface area contributed by atoms with Gasteiger partial charge in [0.05, 0.1) is 30.1 Å². The van der Waals surface area contributed by atoms with E-state index in [4.69, 9.17) is 4.98 Å². The molecule has 0 radical (unpaired) electrons. The van der Waals surface area contributed by atoms with Gasteiger partial charge in [-0.1, -0.05) is 42.7 Å². The maximum atomic E-state index is 4.79. The van der Waals surface area contributed by atoms with Crippen molar-refractivity contribution in [3.05, 3.63) is 66.4 Å². The molecule has 8 heteroatoms. The van der Waals surface area contributed by atoms with Gasteiger partial charge in [-0.2, -0.15) is 5.10 Å². The van der Waals surface area contributed by atoms with Gasteiger partial charge in [-0.05, 0) is 49.9 Å². The Labute approximate surface area is 198 Å². The van der Waals surface area contributed by atoms with E-state index in [2.05, 4.69) is 61.7 Å². The first-order valence-electron chi connectivity index (χ1n) is 12.3. The third-order valence-electron chi connectivity index (χ3n) is 7.08. The second-order valence-corrected chi connectivity index (χ2v) is 9.53. The molecule has 5 aromatic rings. The van der Waals surface area contributed by atoms with Gasteiger partial charge in [0.15, 0.2) is 0 Å². The number of pyridine rings is 1. The van der Waals surface area contributed by atoms with E-state index >= 15 is 0 Å². The number of rotatable bonds is 7. The number of benzene rings is 1. The molecule has 1 aromatic carbocycles. The van der Waals surface area contributed by atoms with Crippen molar-refractivity contribution in [3.63, 3.8) is 0 Å². The summed E-state index contributed by atoms with van der Waals surface area (Å²) in [6.45, 7) is 3.93. The van der Waals surface area contributed by atoms with Gasteiger partial charge in [0.1, 0.15) is 11.3 Å². The van der Waals surface area contributed by atoms with Crippen LogP contribution >= 0.6 is 0 Å². The molecule has 1 fully saturated rings. The van der Waals surface area contributed by atoms with E-state index in [1.165, 1.54) is 37.7 Å². The molecule has 34 heavy (non-hydrogen) atoms. The summed E-state index contributed by atoms with van der Waals surface area (Å²) in [5.41, 5.74) is 6.02. The number of aromatic nitrogens is 7. The predicted molar refractivity (Wildman–Crippen MR) is 132 cm³/mol. The molecule has 0 bridgehead atoms. The summed E-state index contributed by atoms with van der Waals surface area (Å²) in [5, 5.41) is 20.7. The summed E-state index contributed by atoms with van der Waals surface area (Å²) >= 11 is 0. The lowest BCUT2D eigenvalue weighted by Gasteiger charge is -2.24. The van der Waals surface area contributed by atoms with Crippen LogP contribution in [0.15, 0.2) is 55.1 Å². The van der Waals surface area contributed by atoms with E-state index < -0.39 is 0 Å². The number of imidazole rings is 1.